The zero-order valence-electron chi connectivity index (χ0n) is 15.6. The summed E-state index contributed by atoms with van der Waals surface area (Å²) in [4.78, 5) is 26.7. The number of fused-ring (bicyclic) bond motifs is 4. The lowest BCUT2D eigenvalue weighted by molar-refractivity contribution is -0.121. The zero-order valence-corrected chi connectivity index (χ0v) is 15.6. The number of ether oxygens (including phenoxy) is 1. The SMILES string of the molecule is O=C(CN1C(=O)CCOc2ccccc21)Nc1ccc2oc3ccccc3c2c1. The summed E-state index contributed by atoms with van der Waals surface area (Å²) in [7, 11) is 0. The zero-order chi connectivity index (χ0) is 19.8. The van der Waals surface area contributed by atoms with Gasteiger partial charge in [-0.3, -0.25) is 14.5 Å². The minimum Gasteiger partial charge on any atom is -0.491 e. The molecule has 0 atom stereocenters. The molecule has 2 amide bonds. The van der Waals surface area contributed by atoms with E-state index in [0.717, 1.165) is 21.9 Å². The smallest absolute Gasteiger partial charge is 0.244 e. The summed E-state index contributed by atoms with van der Waals surface area (Å²) in [6.07, 6.45) is 0.231. The lowest BCUT2D eigenvalue weighted by Gasteiger charge is -2.21. The van der Waals surface area contributed by atoms with Gasteiger partial charge in [-0.05, 0) is 36.4 Å². The first kappa shape index (κ1) is 17.3. The molecule has 3 aromatic carbocycles. The summed E-state index contributed by atoms with van der Waals surface area (Å²) < 4.78 is 11.4. The van der Waals surface area contributed by atoms with Gasteiger partial charge in [0.05, 0.1) is 18.7 Å². The van der Waals surface area contributed by atoms with Gasteiger partial charge in [0.15, 0.2) is 0 Å². The van der Waals surface area contributed by atoms with Crippen molar-refractivity contribution < 1.29 is 18.7 Å². The van der Waals surface area contributed by atoms with Crippen molar-refractivity contribution in [1.29, 1.82) is 0 Å². The fraction of sp³-hybridized carbons (Fsp3) is 0.130. The second-order valence-electron chi connectivity index (χ2n) is 6.90. The maximum Gasteiger partial charge on any atom is 0.244 e. The van der Waals surface area contributed by atoms with Crippen molar-refractivity contribution in [2.24, 2.45) is 0 Å². The highest BCUT2D eigenvalue weighted by molar-refractivity contribution is 6.08. The highest BCUT2D eigenvalue weighted by Crippen LogP contribution is 2.32. The third-order valence-electron chi connectivity index (χ3n) is 4.99. The van der Waals surface area contributed by atoms with Crippen molar-refractivity contribution in [3.63, 3.8) is 0 Å². The lowest BCUT2D eigenvalue weighted by atomic mass is 10.1. The molecule has 1 aliphatic rings. The predicted octanol–water partition coefficient (Wildman–Crippen LogP) is 4.34. The third-order valence-corrected chi connectivity index (χ3v) is 4.99. The molecule has 1 N–H and O–H groups in total. The minimum absolute atomic E-state index is 0.0800. The fourth-order valence-electron chi connectivity index (χ4n) is 3.64. The van der Waals surface area contributed by atoms with Crippen molar-refractivity contribution in [3.8, 4) is 5.75 Å². The molecular weight excluding hydrogens is 368 g/mol. The average Bonchev–Trinajstić information content (AvgIpc) is 3.02. The number of nitrogens with one attached hydrogen (secondary N) is 1. The first-order valence-corrected chi connectivity index (χ1v) is 9.42. The van der Waals surface area contributed by atoms with Crippen molar-refractivity contribution in [2.75, 3.05) is 23.4 Å². The van der Waals surface area contributed by atoms with Gasteiger partial charge in [-0.1, -0.05) is 30.3 Å². The number of amides is 2. The summed E-state index contributed by atoms with van der Waals surface area (Å²) in [6.45, 7) is 0.224. The summed E-state index contributed by atoms with van der Waals surface area (Å²) in [5, 5.41) is 4.82. The van der Waals surface area contributed by atoms with E-state index in [2.05, 4.69) is 5.32 Å². The number of hydrogen-bond acceptors (Lipinski definition) is 4. The van der Waals surface area contributed by atoms with Gasteiger partial charge >= 0.3 is 0 Å². The second-order valence-corrected chi connectivity index (χ2v) is 6.90. The average molecular weight is 386 g/mol. The lowest BCUT2D eigenvalue weighted by Crippen LogP contribution is -2.37. The minimum atomic E-state index is -0.276. The Kier molecular flexibility index (Phi) is 4.17. The Morgan fingerprint density at radius 3 is 2.69 bits per heavy atom. The van der Waals surface area contributed by atoms with Gasteiger partial charge in [-0.2, -0.15) is 0 Å². The molecule has 0 fully saturated rings. The monoisotopic (exact) mass is 386 g/mol. The van der Waals surface area contributed by atoms with Gasteiger partial charge in [0.1, 0.15) is 23.5 Å². The molecule has 0 bridgehead atoms. The molecule has 29 heavy (non-hydrogen) atoms. The largest absolute Gasteiger partial charge is 0.491 e. The van der Waals surface area contributed by atoms with Crippen molar-refractivity contribution in [1.82, 2.24) is 0 Å². The second kappa shape index (κ2) is 6.98. The van der Waals surface area contributed by atoms with E-state index in [4.69, 9.17) is 9.15 Å². The fourth-order valence-corrected chi connectivity index (χ4v) is 3.64. The van der Waals surface area contributed by atoms with Gasteiger partial charge in [0.2, 0.25) is 11.8 Å². The van der Waals surface area contributed by atoms with Crippen LogP contribution in [0.3, 0.4) is 0 Å². The van der Waals surface area contributed by atoms with Crippen LogP contribution in [0.5, 0.6) is 5.75 Å². The van der Waals surface area contributed by atoms with Crippen LogP contribution in [0.2, 0.25) is 0 Å². The summed E-state index contributed by atoms with van der Waals surface area (Å²) in [5.74, 6) is 0.195. The quantitative estimate of drug-likeness (QED) is 0.569. The number of carbonyl (C=O) groups excluding carboxylic acids is 2. The van der Waals surface area contributed by atoms with Crippen molar-refractivity contribution >= 4 is 45.1 Å². The molecule has 5 rings (SSSR count). The van der Waals surface area contributed by atoms with Gasteiger partial charge in [0.25, 0.3) is 0 Å². The first-order chi connectivity index (χ1) is 14.2. The van der Waals surface area contributed by atoms with Gasteiger partial charge < -0.3 is 14.5 Å². The van der Waals surface area contributed by atoms with Gasteiger partial charge in [-0.15, -0.1) is 0 Å². The van der Waals surface area contributed by atoms with Crippen LogP contribution in [0.25, 0.3) is 21.9 Å². The van der Waals surface area contributed by atoms with E-state index in [9.17, 15) is 9.59 Å². The number of nitrogens with zero attached hydrogens (tertiary/aromatic N) is 1. The number of carbonyl (C=O) groups is 2. The Balaban J connectivity index is 1.40. The predicted molar refractivity (Wildman–Crippen MR) is 111 cm³/mol. The van der Waals surface area contributed by atoms with Crippen molar-refractivity contribution in [3.05, 3.63) is 66.7 Å². The first-order valence-electron chi connectivity index (χ1n) is 9.42. The molecule has 1 aliphatic heterocycles. The normalized spacial score (nSPS) is 13.8. The molecule has 0 saturated carbocycles. The van der Waals surface area contributed by atoms with Gasteiger partial charge in [-0.25, -0.2) is 0 Å². The molecule has 6 heteroatoms. The van der Waals surface area contributed by atoms with E-state index in [1.54, 1.807) is 18.2 Å². The van der Waals surface area contributed by atoms with Gasteiger partial charge in [0, 0.05) is 16.5 Å². The number of para-hydroxylation sites is 3. The van der Waals surface area contributed by atoms with Crippen LogP contribution in [0.4, 0.5) is 11.4 Å². The third kappa shape index (κ3) is 3.18. The van der Waals surface area contributed by atoms with E-state index in [0.29, 0.717) is 23.7 Å². The van der Waals surface area contributed by atoms with Crippen LogP contribution >= 0.6 is 0 Å². The molecule has 1 aromatic heterocycles. The molecule has 0 spiro atoms. The maximum absolute atomic E-state index is 12.7. The summed E-state index contributed by atoms with van der Waals surface area (Å²) in [6, 6.07) is 20.6. The number of hydrogen-bond donors (Lipinski definition) is 1. The number of rotatable bonds is 3. The van der Waals surface area contributed by atoms with Crippen LogP contribution in [-0.4, -0.2) is 25.0 Å². The van der Waals surface area contributed by atoms with E-state index in [1.807, 2.05) is 48.5 Å². The summed E-state index contributed by atoms with van der Waals surface area (Å²) in [5.41, 5.74) is 2.83. The maximum atomic E-state index is 12.7. The summed E-state index contributed by atoms with van der Waals surface area (Å²) >= 11 is 0. The standard InChI is InChI=1S/C23H18N2O4/c26-22(14-25-18-6-2-4-8-21(18)28-12-11-23(25)27)24-15-9-10-20-17(13-15)16-5-1-3-7-19(16)29-20/h1-10,13H,11-12,14H2,(H,24,26). The number of benzene rings is 3. The molecule has 0 aliphatic carbocycles. The molecule has 144 valence electrons. The molecule has 0 unspecified atom stereocenters. The number of furan rings is 1. The molecule has 4 aromatic rings. The Bertz CT molecular complexity index is 1240. The molecule has 0 radical (unpaired) electrons. The van der Waals surface area contributed by atoms with Crippen LogP contribution in [-0.2, 0) is 9.59 Å². The van der Waals surface area contributed by atoms with Crippen LogP contribution in [0.1, 0.15) is 6.42 Å². The molecular formula is C23H18N2O4. The van der Waals surface area contributed by atoms with Crippen LogP contribution in [0.15, 0.2) is 71.1 Å². The van der Waals surface area contributed by atoms with Crippen LogP contribution in [0, 0.1) is 0 Å². The van der Waals surface area contributed by atoms with E-state index in [-0.39, 0.29) is 24.8 Å². The Labute approximate surface area is 166 Å². The topological polar surface area (TPSA) is 71.8 Å². The Hall–Kier alpha value is -3.80. The molecule has 2 heterocycles. The Morgan fingerprint density at radius 2 is 1.76 bits per heavy atom. The highest BCUT2D eigenvalue weighted by atomic mass is 16.5. The number of anilines is 2. The van der Waals surface area contributed by atoms with E-state index >= 15 is 0 Å². The highest BCUT2D eigenvalue weighted by Gasteiger charge is 2.25. The van der Waals surface area contributed by atoms with Crippen LogP contribution < -0.4 is 15.0 Å². The molecule has 6 nitrogen and oxygen atoms in total. The van der Waals surface area contributed by atoms with Crippen molar-refractivity contribution in [2.45, 2.75) is 6.42 Å². The molecule has 0 saturated heterocycles. The van der Waals surface area contributed by atoms with E-state index < -0.39 is 0 Å². The Morgan fingerprint density at radius 1 is 0.966 bits per heavy atom. The van der Waals surface area contributed by atoms with E-state index in [1.165, 1.54) is 4.90 Å².